The van der Waals surface area contributed by atoms with Crippen LogP contribution in [0.1, 0.15) is 39.0 Å². The third-order valence-corrected chi connectivity index (χ3v) is 3.67. The van der Waals surface area contributed by atoms with Crippen molar-refractivity contribution in [2.45, 2.75) is 45.1 Å². The molecule has 0 aromatic heterocycles. The first kappa shape index (κ1) is 9.97. The number of β-amino-alcohol motifs (C(OH)–C–C–N with tert-alkyl or cyclic N) is 1. The van der Waals surface area contributed by atoms with E-state index in [1.165, 1.54) is 12.8 Å². The summed E-state index contributed by atoms with van der Waals surface area (Å²) in [6.45, 7) is 3.37. The van der Waals surface area contributed by atoms with Gasteiger partial charge in [0.2, 0.25) is 5.91 Å². The normalized spacial score (nSPS) is 31.0. The molecule has 3 nitrogen and oxygen atoms in total. The van der Waals surface area contributed by atoms with E-state index < -0.39 is 0 Å². The molecule has 1 atom stereocenters. The fraction of sp³-hybridized carbons (Fsp3) is 0.909. The maximum absolute atomic E-state index is 12.1. The van der Waals surface area contributed by atoms with Crippen molar-refractivity contribution in [2.24, 2.45) is 5.41 Å². The number of nitrogens with zero attached hydrogens (tertiary/aromatic N) is 1. The number of aliphatic hydroxyl groups is 1. The molecule has 2 fully saturated rings. The molecule has 1 saturated carbocycles. The molecule has 14 heavy (non-hydrogen) atoms. The van der Waals surface area contributed by atoms with Crippen LogP contribution in [0, 0.1) is 5.41 Å². The molecule has 1 saturated heterocycles. The van der Waals surface area contributed by atoms with Crippen molar-refractivity contribution in [3.05, 3.63) is 0 Å². The first-order valence-electron chi connectivity index (χ1n) is 5.59. The van der Waals surface area contributed by atoms with E-state index in [1.807, 2.05) is 4.90 Å². The third-order valence-electron chi connectivity index (χ3n) is 3.67. The van der Waals surface area contributed by atoms with Crippen molar-refractivity contribution in [2.75, 3.05) is 13.1 Å². The summed E-state index contributed by atoms with van der Waals surface area (Å²) in [6.07, 6.45) is 4.87. The van der Waals surface area contributed by atoms with Gasteiger partial charge in [0.1, 0.15) is 0 Å². The Morgan fingerprint density at radius 2 is 2.07 bits per heavy atom. The van der Waals surface area contributed by atoms with E-state index in [0.717, 1.165) is 25.8 Å². The highest BCUT2D eigenvalue weighted by molar-refractivity contribution is 5.82. The van der Waals surface area contributed by atoms with Gasteiger partial charge in [-0.1, -0.05) is 19.8 Å². The van der Waals surface area contributed by atoms with Gasteiger partial charge in [0.15, 0.2) is 0 Å². The molecule has 1 aliphatic heterocycles. The Labute approximate surface area is 85.1 Å². The van der Waals surface area contributed by atoms with Gasteiger partial charge < -0.3 is 10.0 Å². The van der Waals surface area contributed by atoms with Crippen LogP contribution >= 0.6 is 0 Å². The second-order valence-electron chi connectivity index (χ2n) is 4.96. The van der Waals surface area contributed by atoms with Gasteiger partial charge in [0.25, 0.3) is 0 Å². The number of likely N-dealkylation sites (tertiary alicyclic amines) is 1. The Morgan fingerprint density at radius 3 is 2.57 bits per heavy atom. The molecule has 0 radical (unpaired) electrons. The minimum Gasteiger partial charge on any atom is -0.391 e. The Hall–Kier alpha value is -0.570. The number of hydrogen-bond acceptors (Lipinski definition) is 2. The average molecular weight is 197 g/mol. The predicted octanol–water partition coefficient (Wildman–Crippen LogP) is 1.16. The Kier molecular flexibility index (Phi) is 2.52. The van der Waals surface area contributed by atoms with Crippen molar-refractivity contribution in [3.63, 3.8) is 0 Å². The molecule has 0 aromatic rings. The average Bonchev–Trinajstić information content (AvgIpc) is 2.74. The first-order valence-corrected chi connectivity index (χ1v) is 5.59. The summed E-state index contributed by atoms with van der Waals surface area (Å²) < 4.78 is 0. The second-order valence-corrected chi connectivity index (χ2v) is 4.96. The van der Waals surface area contributed by atoms with Crippen LogP contribution in [0.5, 0.6) is 0 Å². The van der Waals surface area contributed by atoms with Crippen LogP contribution in [0.3, 0.4) is 0 Å². The zero-order valence-corrected chi connectivity index (χ0v) is 8.83. The zero-order chi connectivity index (χ0) is 10.2. The van der Waals surface area contributed by atoms with Crippen molar-refractivity contribution in [3.8, 4) is 0 Å². The monoisotopic (exact) mass is 197 g/mol. The van der Waals surface area contributed by atoms with Crippen LogP contribution in [-0.4, -0.2) is 35.1 Å². The van der Waals surface area contributed by atoms with E-state index in [-0.39, 0.29) is 17.4 Å². The summed E-state index contributed by atoms with van der Waals surface area (Å²) in [5.74, 6) is 0.270. The lowest BCUT2D eigenvalue weighted by molar-refractivity contribution is -0.140. The number of carbonyl (C=O) groups is 1. The molecule has 1 N–H and O–H groups in total. The lowest BCUT2D eigenvalue weighted by Gasteiger charge is -2.28. The molecule has 3 heteroatoms. The molecule has 0 aromatic carbocycles. The molecular formula is C11H19NO2. The van der Waals surface area contributed by atoms with Gasteiger partial charge in [-0.25, -0.2) is 0 Å². The van der Waals surface area contributed by atoms with Gasteiger partial charge in [-0.3, -0.25) is 4.79 Å². The van der Waals surface area contributed by atoms with E-state index in [1.54, 1.807) is 0 Å². The molecule has 1 heterocycles. The van der Waals surface area contributed by atoms with Crippen LogP contribution in [0.15, 0.2) is 0 Å². The number of rotatable bonds is 1. The van der Waals surface area contributed by atoms with E-state index in [9.17, 15) is 9.90 Å². The van der Waals surface area contributed by atoms with Crippen molar-refractivity contribution < 1.29 is 9.90 Å². The van der Waals surface area contributed by atoms with Gasteiger partial charge in [-0.05, 0) is 19.3 Å². The van der Waals surface area contributed by atoms with Crippen molar-refractivity contribution >= 4 is 5.91 Å². The lowest BCUT2D eigenvalue weighted by Crippen LogP contribution is -2.40. The first-order chi connectivity index (χ1) is 6.62. The minimum atomic E-state index is -0.288. The molecule has 2 rings (SSSR count). The third kappa shape index (κ3) is 1.65. The number of carbonyl (C=O) groups excluding carboxylic acids is 1. The minimum absolute atomic E-state index is 0.121. The fourth-order valence-corrected chi connectivity index (χ4v) is 2.68. The van der Waals surface area contributed by atoms with Gasteiger partial charge >= 0.3 is 0 Å². The smallest absolute Gasteiger partial charge is 0.228 e. The molecule has 0 spiro atoms. The summed E-state index contributed by atoms with van der Waals surface area (Å²) in [5, 5.41) is 9.38. The standard InChI is InChI=1S/C11H19NO2/c1-11(5-2-3-6-11)10(14)12-7-4-9(13)8-12/h9,13H,2-8H2,1H3/t9-/m0/s1. The highest BCUT2D eigenvalue weighted by atomic mass is 16.3. The number of hydrogen-bond donors (Lipinski definition) is 1. The summed E-state index contributed by atoms with van der Waals surface area (Å²) >= 11 is 0. The summed E-state index contributed by atoms with van der Waals surface area (Å²) in [7, 11) is 0. The molecule has 0 unspecified atom stereocenters. The van der Waals surface area contributed by atoms with Crippen LogP contribution in [0.4, 0.5) is 0 Å². The molecule has 0 bridgehead atoms. The van der Waals surface area contributed by atoms with Crippen molar-refractivity contribution in [1.82, 2.24) is 4.90 Å². The number of amides is 1. The van der Waals surface area contributed by atoms with E-state index >= 15 is 0 Å². The van der Waals surface area contributed by atoms with Gasteiger partial charge in [0.05, 0.1) is 6.10 Å². The Bertz CT molecular complexity index is 233. The quantitative estimate of drug-likeness (QED) is 0.685. The maximum atomic E-state index is 12.1. The van der Waals surface area contributed by atoms with E-state index in [4.69, 9.17) is 0 Å². The van der Waals surface area contributed by atoms with E-state index in [2.05, 4.69) is 6.92 Å². The van der Waals surface area contributed by atoms with Gasteiger partial charge in [0, 0.05) is 18.5 Å². The van der Waals surface area contributed by atoms with Crippen LogP contribution in [0.25, 0.3) is 0 Å². The summed E-state index contributed by atoms with van der Waals surface area (Å²) in [6, 6.07) is 0. The lowest BCUT2D eigenvalue weighted by atomic mass is 9.87. The number of aliphatic hydroxyl groups excluding tert-OH is 1. The zero-order valence-electron chi connectivity index (χ0n) is 8.83. The second kappa shape index (κ2) is 3.54. The van der Waals surface area contributed by atoms with E-state index in [0.29, 0.717) is 6.54 Å². The largest absolute Gasteiger partial charge is 0.391 e. The molecule has 2 aliphatic rings. The molecule has 1 aliphatic carbocycles. The van der Waals surface area contributed by atoms with Crippen molar-refractivity contribution in [1.29, 1.82) is 0 Å². The topological polar surface area (TPSA) is 40.5 Å². The predicted molar refractivity (Wildman–Crippen MR) is 53.8 cm³/mol. The fourth-order valence-electron chi connectivity index (χ4n) is 2.68. The van der Waals surface area contributed by atoms with Crippen LogP contribution in [0.2, 0.25) is 0 Å². The van der Waals surface area contributed by atoms with Crippen LogP contribution < -0.4 is 0 Å². The molecule has 80 valence electrons. The molecule has 1 amide bonds. The SMILES string of the molecule is CC1(C(=O)N2CC[C@H](O)C2)CCCC1. The summed E-state index contributed by atoms with van der Waals surface area (Å²) in [5.41, 5.74) is -0.121. The molecular weight excluding hydrogens is 178 g/mol. The Morgan fingerprint density at radius 1 is 1.43 bits per heavy atom. The Balaban J connectivity index is 2.00. The van der Waals surface area contributed by atoms with Gasteiger partial charge in [-0.2, -0.15) is 0 Å². The summed E-state index contributed by atoms with van der Waals surface area (Å²) in [4.78, 5) is 14.0. The highest BCUT2D eigenvalue weighted by Crippen LogP contribution is 2.39. The highest BCUT2D eigenvalue weighted by Gasteiger charge is 2.40. The van der Waals surface area contributed by atoms with Crippen LogP contribution in [-0.2, 0) is 4.79 Å². The maximum Gasteiger partial charge on any atom is 0.228 e. The van der Waals surface area contributed by atoms with Gasteiger partial charge in [-0.15, -0.1) is 0 Å².